The van der Waals surface area contributed by atoms with Crippen molar-refractivity contribution in [2.45, 2.75) is 25.8 Å². The predicted octanol–water partition coefficient (Wildman–Crippen LogP) is 3.35. The van der Waals surface area contributed by atoms with E-state index in [1.807, 2.05) is 55.6 Å². The van der Waals surface area contributed by atoms with Gasteiger partial charge in [-0.3, -0.25) is 19.5 Å². The Kier molecular flexibility index (Phi) is 8.19. The van der Waals surface area contributed by atoms with Gasteiger partial charge in [-0.05, 0) is 65.9 Å². The molecule has 2 aliphatic rings. The Morgan fingerprint density at radius 2 is 1.92 bits per heavy atom. The van der Waals surface area contributed by atoms with Crippen LogP contribution < -0.4 is 14.8 Å². The number of hydrogen-bond acceptors (Lipinski definition) is 6. The zero-order valence-electron chi connectivity index (χ0n) is 21.8. The molecule has 2 aromatic carbocycles. The van der Waals surface area contributed by atoms with E-state index in [4.69, 9.17) is 9.47 Å². The molecule has 0 aliphatic carbocycles. The van der Waals surface area contributed by atoms with E-state index in [0.717, 1.165) is 67.1 Å². The maximum absolute atomic E-state index is 13.2. The van der Waals surface area contributed by atoms with Crippen LogP contribution in [-0.2, 0) is 19.4 Å². The van der Waals surface area contributed by atoms with Crippen LogP contribution in [0.25, 0.3) is 0 Å². The molecule has 38 heavy (non-hydrogen) atoms. The lowest BCUT2D eigenvalue weighted by molar-refractivity contribution is 0.0770. The minimum Gasteiger partial charge on any atom is -0.494 e. The lowest BCUT2D eigenvalue weighted by Gasteiger charge is -2.26. The number of hydrogen-bond donors (Lipinski definition) is 1. The minimum absolute atomic E-state index is 0.0165. The highest BCUT2D eigenvalue weighted by Crippen LogP contribution is 2.30. The molecule has 0 atom stereocenters. The second-order valence-corrected chi connectivity index (χ2v) is 9.78. The highest BCUT2D eigenvalue weighted by molar-refractivity contribution is 5.97. The molecule has 0 spiro atoms. The maximum Gasteiger partial charge on any atom is 0.257 e. The molecule has 8 heteroatoms. The number of nitrogens with one attached hydrogen (secondary N) is 1. The van der Waals surface area contributed by atoms with Crippen LogP contribution in [0.2, 0.25) is 0 Å². The average molecular weight is 515 g/mol. The van der Waals surface area contributed by atoms with E-state index in [0.29, 0.717) is 31.9 Å². The van der Waals surface area contributed by atoms with Crippen LogP contribution in [0.15, 0.2) is 60.9 Å². The largest absolute Gasteiger partial charge is 0.494 e. The molecule has 1 aromatic heterocycles. The van der Waals surface area contributed by atoms with E-state index in [1.165, 1.54) is 5.56 Å². The fourth-order valence-electron chi connectivity index (χ4n) is 4.97. The number of pyridine rings is 1. The summed E-state index contributed by atoms with van der Waals surface area (Å²) in [6.07, 6.45) is 6.11. The molecule has 198 valence electrons. The van der Waals surface area contributed by atoms with Gasteiger partial charge in [0.05, 0.1) is 18.8 Å². The van der Waals surface area contributed by atoms with Crippen LogP contribution in [-0.4, -0.2) is 73.0 Å². The quantitative estimate of drug-likeness (QED) is 0.395. The lowest BCUT2D eigenvalue weighted by Crippen LogP contribution is -2.37. The fourth-order valence-corrected chi connectivity index (χ4v) is 4.97. The van der Waals surface area contributed by atoms with Crippen molar-refractivity contribution in [3.63, 3.8) is 0 Å². The first-order valence-electron chi connectivity index (χ1n) is 13.2. The molecule has 3 aromatic rings. The summed E-state index contributed by atoms with van der Waals surface area (Å²) in [6, 6.07) is 15.5. The topological polar surface area (TPSA) is 84.0 Å². The van der Waals surface area contributed by atoms with E-state index < -0.39 is 0 Å². The zero-order chi connectivity index (χ0) is 26.3. The number of likely N-dealkylation sites (N-methyl/N-ethyl adjacent to an activating group) is 1. The fraction of sp³-hybridized carbons (Fsp3) is 0.367. The summed E-state index contributed by atoms with van der Waals surface area (Å²) in [5, 5.41) is 2.87. The number of rotatable bonds is 11. The van der Waals surface area contributed by atoms with E-state index in [1.54, 1.807) is 17.3 Å². The maximum atomic E-state index is 13.2. The van der Waals surface area contributed by atoms with Crippen molar-refractivity contribution < 1.29 is 19.1 Å². The Bertz CT molecular complexity index is 1280. The molecule has 0 saturated carbocycles. The SMILES string of the molecule is CN(CCN(CCCOc1ccc2c(c1)CCNC2=O)Cc1ccncc1)C(=O)c1cccc2c1OCC2. The average Bonchev–Trinajstić information content (AvgIpc) is 3.43. The minimum atomic E-state index is -0.0166. The molecule has 8 nitrogen and oxygen atoms in total. The third-order valence-corrected chi connectivity index (χ3v) is 7.09. The van der Waals surface area contributed by atoms with Crippen LogP contribution in [0.5, 0.6) is 11.5 Å². The number of ether oxygens (including phenoxy) is 2. The van der Waals surface area contributed by atoms with Gasteiger partial charge in [0.25, 0.3) is 11.8 Å². The monoisotopic (exact) mass is 514 g/mol. The molecular weight excluding hydrogens is 480 g/mol. The molecule has 0 fully saturated rings. The third-order valence-electron chi connectivity index (χ3n) is 7.09. The summed E-state index contributed by atoms with van der Waals surface area (Å²) in [5.74, 6) is 1.49. The predicted molar refractivity (Wildman–Crippen MR) is 145 cm³/mol. The molecule has 0 radical (unpaired) electrons. The normalized spacial score (nSPS) is 13.9. The zero-order valence-corrected chi connectivity index (χ0v) is 21.8. The summed E-state index contributed by atoms with van der Waals surface area (Å²) in [5.41, 5.74) is 4.69. The van der Waals surface area contributed by atoms with Gasteiger partial charge in [0, 0.05) is 64.1 Å². The van der Waals surface area contributed by atoms with Crippen LogP contribution in [0.1, 0.15) is 43.8 Å². The number of carbonyl (C=O) groups excluding carboxylic acids is 2. The summed E-state index contributed by atoms with van der Waals surface area (Å²) >= 11 is 0. The van der Waals surface area contributed by atoms with E-state index in [2.05, 4.69) is 15.2 Å². The summed E-state index contributed by atoms with van der Waals surface area (Å²) in [4.78, 5) is 33.4. The first kappa shape index (κ1) is 25.7. The third kappa shape index (κ3) is 6.14. The Hall–Kier alpha value is -3.91. The Labute approximate surface area is 223 Å². The molecule has 0 unspecified atom stereocenters. The summed E-state index contributed by atoms with van der Waals surface area (Å²) in [6.45, 7) is 4.78. The van der Waals surface area contributed by atoms with E-state index in [9.17, 15) is 9.59 Å². The van der Waals surface area contributed by atoms with Gasteiger partial charge >= 0.3 is 0 Å². The van der Waals surface area contributed by atoms with Gasteiger partial charge in [0.2, 0.25) is 0 Å². The standard InChI is InChI=1S/C30H34N4O4/c1-33(30(36)27-5-2-4-23-11-19-38-28(23)27)16-17-34(21-22-8-12-31-13-9-22)15-3-18-37-25-6-7-26-24(20-25)10-14-32-29(26)35/h2,4-9,12-13,20H,3,10-11,14-19,21H2,1H3,(H,32,35). The second kappa shape index (κ2) is 12.1. The molecule has 5 rings (SSSR count). The molecule has 3 heterocycles. The van der Waals surface area contributed by atoms with Gasteiger partial charge in [-0.25, -0.2) is 0 Å². The molecular formula is C30H34N4O4. The first-order valence-corrected chi connectivity index (χ1v) is 13.2. The first-order chi connectivity index (χ1) is 18.6. The number of para-hydroxylation sites is 1. The summed E-state index contributed by atoms with van der Waals surface area (Å²) < 4.78 is 11.8. The molecule has 1 N–H and O–H groups in total. The van der Waals surface area contributed by atoms with Crippen LogP contribution in [0.4, 0.5) is 0 Å². The van der Waals surface area contributed by atoms with Crippen LogP contribution in [0, 0.1) is 0 Å². The lowest BCUT2D eigenvalue weighted by atomic mass is 10.0. The van der Waals surface area contributed by atoms with Crippen LogP contribution in [0.3, 0.4) is 0 Å². The number of amides is 2. The number of benzene rings is 2. The highest BCUT2D eigenvalue weighted by atomic mass is 16.5. The van der Waals surface area contributed by atoms with Crippen LogP contribution >= 0.6 is 0 Å². The van der Waals surface area contributed by atoms with Gasteiger partial charge in [0.1, 0.15) is 11.5 Å². The Morgan fingerprint density at radius 1 is 1.05 bits per heavy atom. The number of carbonyl (C=O) groups is 2. The number of aromatic nitrogens is 1. The van der Waals surface area contributed by atoms with Gasteiger partial charge < -0.3 is 19.7 Å². The molecule has 2 aliphatic heterocycles. The molecule has 0 bridgehead atoms. The molecule has 2 amide bonds. The van der Waals surface area contributed by atoms with Gasteiger partial charge in [0.15, 0.2) is 0 Å². The van der Waals surface area contributed by atoms with Gasteiger partial charge in [-0.15, -0.1) is 0 Å². The smallest absolute Gasteiger partial charge is 0.257 e. The van der Waals surface area contributed by atoms with Crippen molar-refractivity contribution in [2.75, 3.05) is 46.4 Å². The van der Waals surface area contributed by atoms with Crippen molar-refractivity contribution in [3.8, 4) is 11.5 Å². The van der Waals surface area contributed by atoms with E-state index >= 15 is 0 Å². The molecule has 0 saturated heterocycles. The Balaban J connectivity index is 1.16. The Morgan fingerprint density at radius 3 is 2.79 bits per heavy atom. The van der Waals surface area contributed by atoms with Crippen molar-refractivity contribution in [2.24, 2.45) is 0 Å². The number of nitrogens with zero attached hydrogens (tertiary/aromatic N) is 3. The van der Waals surface area contributed by atoms with Gasteiger partial charge in [-0.2, -0.15) is 0 Å². The second-order valence-electron chi connectivity index (χ2n) is 9.78. The highest BCUT2D eigenvalue weighted by Gasteiger charge is 2.23. The van der Waals surface area contributed by atoms with Gasteiger partial charge in [-0.1, -0.05) is 12.1 Å². The summed E-state index contributed by atoms with van der Waals surface area (Å²) in [7, 11) is 1.85. The van der Waals surface area contributed by atoms with Crippen molar-refractivity contribution in [1.29, 1.82) is 0 Å². The van der Waals surface area contributed by atoms with Crippen molar-refractivity contribution >= 4 is 11.8 Å². The van der Waals surface area contributed by atoms with E-state index in [-0.39, 0.29) is 11.8 Å². The van der Waals surface area contributed by atoms with Crippen molar-refractivity contribution in [3.05, 3.63) is 88.7 Å². The number of fused-ring (bicyclic) bond motifs is 2. The van der Waals surface area contributed by atoms with Crippen molar-refractivity contribution in [1.82, 2.24) is 20.1 Å².